The van der Waals surface area contributed by atoms with E-state index in [1.807, 2.05) is 59.5 Å². The lowest BCUT2D eigenvalue weighted by Crippen LogP contribution is -2.39. The average molecular weight is 347 g/mol. The molecule has 2 aromatic carbocycles. The molecule has 1 aliphatic heterocycles. The number of likely N-dealkylation sites (tertiary alicyclic amines) is 1. The SMILES string of the molecule is Cl.NCC1CCCN1C(=O)c1ccc(OCc2ccccc2)cc1. The van der Waals surface area contributed by atoms with Crippen LogP contribution in [0.4, 0.5) is 0 Å². The van der Waals surface area contributed by atoms with E-state index in [0.29, 0.717) is 18.7 Å². The molecule has 1 fully saturated rings. The van der Waals surface area contributed by atoms with E-state index in [2.05, 4.69) is 0 Å². The summed E-state index contributed by atoms with van der Waals surface area (Å²) in [7, 11) is 0. The molecule has 0 aromatic heterocycles. The van der Waals surface area contributed by atoms with Crippen LogP contribution in [0, 0.1) is 0 Å². The summed E-state index contributed by atoms with van der Waals surface area (Å²) in [6.45, 7) is 1.85. The van der Waals surface area contributed by atoms with Crippen LogP contribution >= 0.6 is 12.4 Å². The van der Waals surface area contributed by atoms with Crippen LogP contribution in [-0.4, -0.2) is 29.9 Å². The Morgan fingerprint density at radius 3 is 2.50 bits per heavy atom. The molecule has 1 aliphatic rings. The lowest BCUT2D eigenvalue weighted by molar-refractivity contribution is 0.0741. The minimum atomic E-state index is 0. The molecule has 0 radical (unpaired) electrons. The molecular weight excluding hydrogens is 324 g/mol. The molecule has 128 valence electrons. The van der Waals surface area contributed by atoms with Crippen LogP contribution in [0.5, 0.6) is 5.75 Å². The van der Waals surface area contributed by atoms with Gasteiger partial charge in [0, 0.05) is 24.7 Å². The van der Waals surface area contributed by atoms with Crippen molar-refractivity contribution in [1.29, 1.82) is 0 Å². The summed E-state index contributed by atoms with van der Waals surface area (Å²) in [5.74, 6) is 0.828. The van der Waals surface area contributed by atoms with Crippen molar-refractivity contribution >= 4 is 18.3 Å². The second kappa shape index (κ2) is 8.71. The predicted molar refractivity (Wildman–Crippen MR) is 97.6 cm³/mol. The number of benzene rings is 2. The summed E-state index contributed by atoms with van der Waals surface area (Å²) >= 11 is 0. The molecule has 1 unspecified atom stereocenters. The number of carbonyl (C=O) groups excluding carboxylic acids is 1. The second-order valence-electron chi connectivity index (χ2n) is 5.83. The lowest BCUT2D eigenvalue weighted by atomic mass is 10.1. The smallest absolute Gasteiger partial charge is 0.254 e. The van der Waals surface area contributed by atoms with Crippen LogP contribution in [0.1, 0.15) is 28.8 Å². The molecule has 1 saturated heterocycles. The normalized spacial score (nSPS) is 16.5. The van der Waals surface area contributed by atoms with E-state index in [1.165, 1.54) is 0 Å². The molecule has 1 amide bonds. The molecule has 4 nitrogen and oxygen atoms in total. The molecule has 0 spiro atoms. The maximum atomic E-state index is 12.5. The van der Waals surface area contributed by atoms with E-state index in [4.69, 9.17) is 10.5 Å². The van der Waals surface area contributed by atoms with Crippen LogP contribution in [-0.2, 0) is 6.61 Å². The first-order valence-corrected chi connectivity index (χ1v) is 8.06. The average Bonchev–Trinajstić information content (AvgIpc) is 3.09. The summed E-state index contributed by atoms with van der Waals surface area (Å²) in [5, 5.41) is 0. The van der Waals surface area contributed by atoms with Gasteiger partial charge in [-0.1, -0.05) is 30.3 Å². The Kier molecular flexibility index (Phi) is 6.64. The van der Waals surface area contributed by atoms with E-state index in [0.717, 1.165) is 30.7 Å². The zero-order valence-electron chi connectivity index (χ0n) is 13.6. The van der Waals surface area contributed by atoms with Crippen molar-refractivity contribution < 1.29 is 9.53 Å². The van der Waals surface area contributed by atoms with Crippen molar-refractivity contribution in [2.24, 2.45) is 5.73 Å². The summed E-state index contributed by atoms with van der Waals surface area (Å²) in [5.41, 5.74) is 7.56. The van der Waals surface area contributed by atoms with Gasteiger partial charge in [0.2, 0.25) is 0 Å². The van der Waals surface area contributed by atoms with Gasteiger partial charge < -0.3 is 15.4 Å². The second-order valence-corrected chi connectivity index (χ2v) is 5.83. The van der Waals surface area contributed by atoms with Gasteiger partial charge in [-0.3, -0.25) is 4.79 Å². The number of nitrogens with zero attached hydrogens (tertiary/aromatic N) is 1. The standard InChI is InChI=1S/C19H22N2O2.ClH/c20-13-17-7-4-12-21(17)19(22)16-8-10-18(11-9-16)23-14-15-5-2-1-3-6-15;/h1-3,5-6,8-11,17H,4,7,12-14,20H2;1H. The number of carbonyl (C=O) groups is 1. The quantitative estimate of drug-likeness (QED) is 0.904. The predicted octanol–water partition coefficient (Wildman–Crippen LogP) is 3.25. The highest BCUT2D eigenvalue weighted by Crippen LogP contribution is 2.21. The Morgan fingerprint density at radius 2 is 1.83 bits per heavy atom. The van der Waals surface area contributed by atoms with Gasteiger partial charge >= 0.3 is 0 Å². The molecule has 1 atom stereocenters. The molecule has 1 heterocycles. The third-order valence-electron chi connectivity index (χ3n) is 4.26. The van der Waals surface area contributed by atoms with Crippen molar-refractivity contribution in [3.63, 3.8) is 0 Å². The number of ether oxygens (including phenoxy) is 1. The molecule has 0 aliphatic carbocycles. The van der Waals surface area contributed by atoms with Gasteiger partial charge in [0.25, 0.3) is 5.91 Å². The first-order valence-electron chi connectivity index (χ1n) is 8.06. The first-order chi connectivity index (χ1) is 11.3. The highest BCUT2D eigenvalue weighted by Gasteiger charge is 2.28. The minimum absolute atomic E-state index is 0. The summed E-state index contributed by atoms with van der Waals surface area (Å²) in [6, 6.07) is 17.6. The Bertz CT molecular complexity index is 646. The van der Waals surface area contributed by atoms with E-state index < -0.39 is 0 Å². The zero-order chi connectivity index (χ0) is 16.1. The van der Waals surface area contributed by atoms with E-state index in [1.54, 1.807) is 0 Å². The number of amides is 1. The number of hydrogen-bond donors (Lipinski definition) is 1. The van der Waals surface area contributed by atoms with Gasteiger partial charge in [0.1, 0.15) is 12.4 Å². The van der Waals surface area contributed by atoms with E-state index in [-0.39, 0.29) is 24.4 Å². The van der Waals surface area contributed by atoms with Gasteiger partial charge in [0.15, 0.2) is 0 Å². The van der Waals surface area contributed by atoms with Crippen molar-refractivity contribution in [1.82, 2.24) is 4.90 Å². The minimum Gasteiger partial charge on any atom is -0.489 e. The fourth-order valence-corrected chi connectivity index (χ4v) is 2.95. The van der Waals surface area contributed by atoms with Crippen LogP contribution in [0.25, 0.3) is 0 Å². The summed E-state index contributed by atoms with van der Waals surface area (Å²) in [6.07, 6.45) is 2.03. The van der Waals surface area contributed by atoms with Crippen molar-refractivity contribution in [2.45, 2.75) is 25.5 Å². The van der Waals surface area contributed by atoms with E-state index >= 15 is 0 Å². The Morgan fingerprint density at radius 1 is 1.12 bits per heavy atom. The highest BCUT2D eigenvalue weighted by molar-refractivity contribution is 5.94. The molecular formula is C19H23ClN2O2. The van der Waals surface area contributed by atoms with Gasteiger partial charge in [-0.05, 0) is 42.7 Å². The monoisotopic (exact) mass is 346 g/mol. The van der Waals surface area contributed by atoms with Gasteiger partial charge in [-0.2, -0.15) is 0 Å². The Hall–Kier alpha value is -2.04. The zero-order valence-corrected chi connectivity index (χ0v) is 14.4. The molecule has 5 heteroatoms. The largest absolute Gasteiger partial charge is 0.489 e. The molecule has 0 bridgehead atoms. The highest BCUT2D eigenvalue weighted by atomic mass is 35.5. The number of halogens is 1. The van der Waals surface area contributed by atoms with Gasteiger partial charge in [-0.15, -0.1) is 12.4 Å². The molecule has 24 heavy (non-hydrogen) atoms. The number of nitrogens with two attached hydrogens (primary N) is 1. The van der Waals surface area contributed by atoms with Crippen molar-refractivity contribution in [3.05, 3.63) is 65.7 Å². The van der Waals surface area contributed by atoms with Gasteiger partial charge in [0.05, 0.1) is 0 Å². The van der Waals surface area contributed by atoms with Crippen LogP contribution in [0.15, 0.2) is 54.6 Å². The van der Waals surface area contributed by atoms with Crippen LogP contribution < -0.4 is 10.5 Å². The van der Waals surface area contributed by atoms with Crippen LogP contribution in [0.2, 0.25) is 0 Å². The number of hydrogen-bond acceptors (Lipinski definition) is 3. The molecule has 2 aromatic rings. The Labute approximate surface area is 149 Å². The maximum absolute atomic E-state index is 12.5. The lowest BCUT2D eigenvalue weighted by Gasteiger charge is -2.23. The first kappa shape index (κ1) is 18.3. The Balaban J connectivity index is 0.00000208. The maximum Gasteiger partial charge on any atom is 0.254 e. The van der Waals surface area contributed by atoms with Crippen molar-refractivity contribution in [2.75, 3.05) is 13.1 Å². The molecule has 0 saturated carbocycles. The summed E-state index contributed by atoms with van der Waals surface area (Å²) in [4.78, 5) is 14.4. The van der Waals surface area contributed by atoms with Crippen molar-refractivity contribution in [3.8, 4) is 5.75 Å². The topological polar surface area (TPSA) is 55.6 Å². The number of rotatable bonds is 5. The molecule has 2 N–H and O–H groups in total. The third-order valence-corrected chi connectivity index (χ3v) is 4.26. The fraction of sp³-hybridized carbons (Fsp3) is 0.316. The molecule has 3 rings (SSSR count). The third kappa shape index (κ3) is 4.28. The van der Waals surface area contributed by atoms with Crippen LogP contribution in [0.3, 0.4) is 0 Å². The van der Waals surface area contributed by atoms with Gasteiger partial charge in [-0.25, -0.2) is 0 Å². The summed E-state index contributed by atoms with van der Waals surface area (Å²) < 4.78 is 5.75. The fourth-order valence-electron chi connectivity index (χ4n) is 2.95. The van der Waals surface area contributed by atoms with E-state index in [9.17, 15) is 4.79 Å².